The molecule has 3 rings (SSSR count). The zero-order valence-electron chi connectivity index (χ0n) is 15.3. The summed E-state index contributed by atoms with van der Waals surface area (Å²) in [4.78, 5) is 4.84. The standard InChI is InChI=1S/C20H24N4/c1-13-9-10-14(2)16(12-13)22-23-19-17(20(4,5)6)21-18-15(3)8-7-11-24(18)19/h7-12H,1-6H3. The third-order valence-electron chi connectivity index (χ3n) is 4.15. The van der Waals surface area contributed by atoms with E-state index in [1.807, 2.05) is 16.7 Å². The Morgan fingerprint density at radius 2 is 1.71 bits per heavy atom. The Morgan fingerprint density at radius 3 is 2.42 bits per heavy atom. The number of pyridine rings is 1. The molecular weight excluding hydrogens is 296 g/mol. The van der Waals surface area contributed by atoms with Gasteiger partial charge in [0, 0.05) is 11.6 Å². The molecule has 1 aromatic carbocycles. The molecule has 0 aliphatic heterocycles. The third-order valence-corrected chi connectivity index (χ3v) is 4.15. The molecule has 0 aliphatic carbocycles. The van der Waals surface area contributed by atoms with Crippen molar-refractivity contribution >= 4 is 17.2 Å². The lowest BCUT2D eigenvalue weighted by Gasteiger charge is -2.15. The quantitative estimate of drug-likeness (QED) is 0.536. The summed E-state index contributed by atoms with van der Waals surface area (Å²) in [6.45, 7) is 12.7. The molecule has 4 nitrogen and oxygen atoms in total. The molecule has 0 unspecified atom stereocenters. The van der Waals surface area contributed by atoms with Gasteiger partial charge < -0.3 is 0 Å². The van der Waals surface area contributed by atoms with Crippen molar-refractivity contribution in [3.05, 3.63) is 58.9 Å². The molecule has 0 fully saturated rings. The van der Waals surface area contributed by atoms with Crippen molar-refractivity contribution in [1.82, 2.24) is 9.38 Å². The number of fused-ring (bicyclic) bond motifs is 1. The monoisotopic (exact) mass is 320 g/mol. The van der Waals surface area contributed by atoms with Crippen LogP contribution in [0.2, 0.25) is 0 Å². The summed E-state index contributed by atoms with van der Waals surface area (Å²) >= 11 is 0. The average Bonchev–Trinajstić information content (AvgIpc) is 2.88. The van der Waals surface area contributed by atoms with E-state index >= 15 is 0 Å². The number of aryl methyl sites for hydroxylation is 3. The van der Waals surface area contributed by atoms with Gasteiger partial charge in [0.25, 0.3) is 0 Å². The summed E-state index contributed by atoms with van der Waals surface area (Å²) in [6, 6.07) is 10.3. The predicted octanol–water partition coefficient (Wildman–Crippen LogP) is 5.97. The molecule has 0 radical (unpaired) electrons. The normalized spacial score (nSPS) is 12.4. The minimum atomic E-state index is -0.103. The van der Waals surface area contributed by atoms with Crippen molar-refractivity contribution in [2.75, 3.05) is 0 Å². The van der Waals surface area contributed by atoms with E-state index in [0.29, 0.717) is 0 Å². The van der Waals surface area contributed by atoms with Crippen LogP contribution in [0, 0.1) is 20.8 Å². The average molecular weight is 320 g/mol. The van der Waals surface area contributed by atoms with Crippen molar-refractivity contribution in [3.63, 3.8) is 0 Å². The first-order valence-corrected chi connectivity index (χ1v) is 8.24. The van der Waals surface area contributed by atoms with E-state index in [1.165, 1.54) is 5.56 Å². The maximum atomic E-state index is 4.84. The smallest absolute Gasteiger partial charge is 0.183 e. The van der Waals surface area contributed by atoms with E-state index in [-0.39, 0.29) is 5.41 Å². The molecule has 0 saturated carbocycles. The molecule has 124 valence electrons. The first-order chi connectivity index (χ1) is 11.3. The second kappa shape index (κ2) is 5.86. The van der Waals surface area contributed by atoms with Gasteiger partial charge in [0.1, 0.15) is 5.65 Å². The Labute approximate surface area is 143 Å². The van der Waals surface area contributed by atoms with Crippen molar-refractivity contribution < 1.29 is 0 Å². The largest absolute Gasteiger partial charge is 0.283 e. The number of aromatic nitrogens is 2. The van der Waals surface area contributed by atoms with Crippen LogP contribution in [-0.2, 0) is 5.41 Å². The van der Waals surface area contributed by atoms with Crippen LogP contribution in [-0.4, -0.2) is 9.38 Å². The molecule has 0 bridgehead atoms. The molecule has 3 aromatic rings. The van der Waals surface area contributed by atoms with Crippen LogP contribution in [0.25, 0.3) is 5.65 Å². The van der Waals surface area contributed by atoms with E-state index in [9.17, 15) is 0 Å². The molecule has 0 amide bonds. The van der Waals surface area contributed by atoms with E-state index in [2.05, 4.69) is 76.0 Å². The fourth-order valence-electron chi connectivity index (χ4n) is 2.72. The Bertz CT molecular complexity index is 927. The van der Waals surface area contributed by atoms with E-state index < -0.39 is 0 Å². The van der Waals surface area contributed by atoms with Crippen molar-refractivity contribution in [2.24, 2.45) is 10.2 Å². The highest BCUT2D eigenvalue weighted by Gasteiger charge is 2.24. The number of hydrogen-bond acceptors (Lipinski definition) is 3. The highest BCUT2D eigenvalue weighted by Crippen LogP contribution is 2.34. The van der Waals surface area contributed by atoms with Gasteiger partial charge in [-0.1, -0.05) is 39.0 Å². The van der Waals surface area contributed by atoms with Crippen LogP contribution < -0.4 is 0 Å². The van der Waals surface area contributed by atoms with Crippen LogP contribution in [0.15, 0.2) is 46.8 Å². The number of hydrogen-bond donors (Lipinski definition) is 0. The Hall–Kier alpha value is -2.49. The van der Waals surface area contributed by atoms with Gasteiger partial charge in [0.15, 0.2) is 5.82 Å². The van der Waals surface area contributed by atoms with Gasteiger partial charge in [-0.15, -0.1) is 10.2 Å². The van der Waals surface area contributed by atoms with Crippen LogP contribution in [0.3, 0.4) is 0 Å². The Morgan fingerprint density at radius 1 is 0.958 bits per heavy atom. The number of azo groups is 1. The number of nitrogens with zero attached hydrogens (tertiary/aromatic N) is 4. The number of imidazole rings is 1. The molecule has 0 spiro atoms. The van der Waals surface area contributed by atoms with E-state index in [0.717, 1.165) is 34.0 Å². The zero-order valence-corrected chi connectivity index (χ0v) is 15.3. The summed E-state index contributed by atoms with van der Waals surface area (Å²) < 4.78 is 2.03. The Balaban J connectivity index is 2.19. The van der Waals surface area contributed by atoms with E-state index in [1.54, 1.807) is 0 Å². The molecule has 0 atom stereocenters. The lowest BCUT2D eigenvalue weighted by atomic mass is 9.92. The van der Waals surface area contributed by atoms with Gasteiger partial charge in [-0.25, -0.2) is 4.98 Å². The molecule has 24 heavy (non-hydrogen) atoms. The maximum absolute atomic E-state index is 4.84. The summed E-state index contributed by atoms with van der Waals surface area (Å²) in [5.74, 6) is 0.808. The lowest BCUT2D eigenvalue weighted by Crippen LogP contribution is -2.11. The second-order valence-electron chi connectivity index (χ2n) is 7.41. The van der Waals surface area contributed by atoms with Gasteiger partial charge in [0.05, 0.1) is 11.4 Å². The summed E-state index contributed by atoms with van der Waals surface area (Å²) in [5, 5.41) is 9.13. The van der Waals surface area contributed by atoms with Crippen LogP contribution >= 0.6 is 0 Å². The zero-order chi connectivity index (χ0) is 17.5. The van der Waals surface area contributed by atoms with Crippen LogP contribution in [0.5, 0.6) is 0 Å². The summed E-state index contributed by atoms with van der Waals surface area (Å²) in [5.41, 5.74) is 6.14. The topological polar surface area (TPSA) is 42.0 Å². The molecule has 2 aromatic heterocycles. The lowest BCUT2D eigenvalue weighted by molar-refractivity contribution is 0.573. The highest BCUT2D eigenvalue weighted by molar-refractivity contribution is 5.58. The fourth-order valence-corrected chi connectivity index (χ4v) is 2.72. The summed E-state index contributed by atoms with van der Waals surface area (Å²) in [7, 11) is 0. The molecular formula is C20H24N4. The number of benzene rings is 1. The Kier molecular flexibility index (Phi) is 3.99. The summed E-state index contributed by atoms with van der Waals surface area (Å²) in [6.07, 6.45) is 2.00. The number of rotatable bonds is 2. The molecule has 0 N–H and O–H groups in total. The van der Waals surface area contributed by atoms with Crippen molar-refractivity contribution in [1.29, 1.82) is 0 Å². The highest BCUT2D eigenvalue weighted by atomic mass is 15.2. The first kappa shape index (κ1) is 16.4. The van der Waals surface area contributed by atoms with Gasteiger partial charge in [-0.3, -0.25) is 4.40 Å². The second-order valence-corrected chi connectivity index (χ2v) is 7.41. The predicted molar refractivity (Wildman–Crippen MR) is 98.7 cm³/mol. The van der Waals surface area contributed by atoms with Crippen molar-refractivity contribution in [2.45, 2.75) is 47.0 Å². The molecule has 0 saturated heterocycles. The maximum Gasteiger partial charge on any atom is 0.183 e. The van der Waals surface area contributed by atoms with Crippen LogP contribution in [0.1, 0.15) is 43.2 Å². The molecule has 2 heterocycles. The van der Waals surface area contributed by atoms with Gasteiger partial charge >= 0.3 is 0 Å². The van der Waals surface area contributed by atoms with E-state index in [4.69, 9.17) is 4.98 Å². The SMILES string of the molecule is Cc1ccc(C)c(N=Nc2c(C(C)(C)C)nc3c(C)cccn23)c1. The fraction of sp³-hybridized carbons (Fsp3) is 0.350. The first-order valence-electron chi connectivity index (χ1n) is 8.24. The van der Waals surface area contributed by atoms with Gasteiger partial charge in [-0.2, -0.15) is 0 Å². The van der Waals surface area contributed by atoms with Crippen LogP contribution in [0.4, 0.5) is 11.5 Å². The third kappa shape index (κ3) is 2.96. The van der Waals surface area contributed by atoms with Crippen molar-refractivity contribution in [3.8, 4) is 0 Å². The molecule has 0 aliphatic rings. The minimum absolute atomic E-state index is 0.103. The minimum Gasteiger partial charge on any atom is -0.283 e. The molecule has 4 heteroatoms. The van der Waals surface area contributed by atoms with Gasteiger partial charge in [-0.05, 0) is 49.6 Å². The van der Waals surface area contributed by atoms with Gasteiger partial charge in [0.2, 0.25) is 0 Å².